The quantitative estimate of drug-likeness (QED) is 0.205. The number of hydrogen-bond donors (Lipinski definition) is 3. The summed E-state index contributed by atoms with van der Waals surface area (Å²) in [6, 6.07) is 5.77. The minimum absolute atomic E-state index is 0. The number of carbonyl (C=O) groups excluding carboxylic acids is 1. The summed E-state index contributed by atoms with van der Waals surface area (Å²) >= 11 is 0. The van der Waals surface area contributed by atoms with E-state index in [9.17, 15) is 9.18 Å². The van der Waals surface area contributed by atoms with Gasteiger partial charge in [-0.1, -0.05) is 6.07 Å². The van der Waals surface area contributed by atoms with E-state index in [4.69, 9.17) is 4.74 Å². The van der Waals surface area contributed by atoms with E-state index in [2.05, 4.69) is 25.8 Å². The van der Waals surface area contributed by atoms with Gasteiger partial charge in [-0.25, -0.2) is 4.39 Å². The minimum atomic E-state index is -0.391. The summed E-state index contributed by atoms with van der Waals surface area (Å²) in [6.45, 7) is 3.30. The lowest BCUT2D eigenvalue weighted by Crippen LogP contribution is -2.43. The van der Waals surface area contributed by atoms with Gasteiger partial charge in [0.1, 0.15) is 5.82 Å². The van der Waals surface area contributed by atoms with E-state index < -0.39 is 5.82 Å². The zero-order chi connectivity index (χ0) is 18.5. The molecule has 0 aliphatic heterocycles. The monoisotopic (exact) mass is 481 g/mol. The van der Waals surface area contributed by atoms with E-state index in [0.29, 0.717) is 18.2 Å². The van der Waals surface area contributed by atoms with Crippen molar-refractivity contribution in [3.8, 4) is 0 Å². The summed E-state index contributed by atoms with van der Waals surface area (Å²) < 4.78 is 18.1. The van der Waals surface area contributed by atoms with Crippen molar-refractivity contribution in [2.24, 2.45) is 4.99 Å². The number of anilines is 1. The van der Waals surface area contributed by atoms with Crippen molar-refractivity contribution in [2.45, 2.75) is 6.42 Å². The molecule has 0 spiro atoms. The van der Waals surface area contributed by atoms with Crippen LogP contribution in [0.1, 0.15) is 6.42 Å². The molecule has 3 N–H and O–H groups in total. The Morgan fingerprint density at radius 1 is 1.31 bits per heavy atom. The number of aliphatic imine (C=N–C) groups is 1. The number of benzene rings is 1. The van der Waals surface area contributed by atoms with Gasteiger partial charge in [-0.05, 0) is 31.7 Å². The third-order valence-electron chi connectivity index (χ3n) is 3.42. The van der Waals surface area contributed by atoms with Crippen LogP contribution in [-0.2, 0) is 9.53 Å². The Morgan fingerprint density at radius 2 is 2.08 bits per heavy atom. The lowest BCUT2D eigenvalue weighted by Gasteiger charge is -2.18. The number of guanidine groups is 1. The Labute approximate surface area is 171 Å². The van der Waals surface area contributed by atoms with Gasteiger partial charge in [0.05, 0.1) is 6.54 Å². The zero-order valence-corrected chi connectivity index (χ0v) is 17.9. The summed E-state index contributed by atoms with van der Waals surface area (Å²) in [5, 5.41) is 8.69. The molecule has 0 fully saturated rings. The Bertz CT molecular complexity index is 560. The van der Waals surface area contributed by atoms with Gasteiger partial charge < -0.3 is 25.6 Å². The summed E-state index contributed by atoms with van der Waals surface area (Å²) in [6.07, 6.45) is 0.986. The standard InChI is InChI=1S/C17H28FN5O2.HI/c1-19-17(20-8-10-23(2)9-5-11-25-3)21-13-16(24)22-15-7-4-6-14(18)12-15;/h4,6-7,12H,5,8-11,13H2,1-3H3,(H,22,24)(H2,19,20,21);1H. The van der Waals surface area contributed by atoms with E-state index >= 15 is 0 Å². The lowest BCUT2D eigenvalue weighted by molar-refractivity contribution is -0.115. The maximum absolute atomic E-state index is 13.1. The first kappa shape index (κ1) is 24.5. The Morgan fingerprint density at radius 3 is 2.73 bits per heavy atom. The number of methoxy groups -OCH3 is 1. The molecule has 1 aromatic carbocycles. The number of nitrogens with zero attached hydrogens (tertiary/aromatic N) is 2. The predicted octanol–water partition coefficient (Wildman–Crippen LogP) is 1.52. The van der Waals surface area contributed by atoms with Gasteiger partial charge in [0.15, 0.2) is 5.96 Å². The second-order valence-electron chi connectivity index (χ2n) is 5.56. The van der Waals surface area contributed by atoms with E-state index in [1.807, 2.05) is 7.05 Å². The molecular weight excluding hydrogens is 452 g/mol. The van der Waals surface area contributed by atoms with Crippen molar-refractivity contribution >= 4 is 41.5 Å². The molecule has 0 saturated heterocycles. The Hall–Kier alpha value is -1.46. The van der Waals surface area contributed by atoms with Gasteiger partial charge >= 0.3 is 0 Å². The number of amides is 1. The molecule has 0 bridgehead atoms. The molecule has 9 heteroatoms. The second kappa shape index (κ2) is 14.7. The smallest absolute Gasteiger partial charge is 0.243 e. The molecule has 1 amide bonds. The molecule has 0 unspecified atom stereocenters. The van der Waals surface area contributed by atoms with E-state index in [1.54, 1.807) is 26.3 Å². The van der Waals surface area contributed by atoms with Crippen LogP contribution >= 0.6 is 24.0 Å². The molecule has 0 atom stereocenters. The first-order chi connectivity index (χ1) is 12.0. The average Bonchev–Trinajstić information content (AvgIpc) is 2.58. The molecule has 0 aliphatic rings. The Balaban J connectivity index is 0.00000625. The largest absolute Gasteiger partial charge is 0.385 e. The molecule has 26 heavy (non-hydrogen) atoms. The van der Waals surface area contributed by atoms with Gasteiger partial charge in [-0.15, -0.1) is 24.0 Å². The van der Waals surface area contributed by atoms with Crippen molar-refractivity contribution in [2.75, 3.05) is 59.3 Å². The van der Waals surface area contributed by atoms with Crippen LogP contribution in [0.5, 0.6) is 0 Å². The first-order valence-corrected chi connectivity index (χ1v) is 8.22. The van der Waals surface area contributed by atoms with Crippen LogP contribution in [0, 0.1) is 5.82 Å². The van der Waals surface area contributed by atoms with Gasteiger partial charge in [0, 0.05) is 46.1 Å². The highest BCUT2D eigenvalue weighted by Gasteiger charge is 2.05. The number of likely N-dealkylation sites (N-methyl/N-ethyl adjacent to an activating group) is 1. The number of nitrogens with one attached hydrogen (secondary N) is 3. The van der Waals surface area contributed by atoms with Crippen LogP contribution in [0.25, 0.3) is 0 Å². The van der Waals surface area contributed by atoms with Crippen LogP contribution in [0.2, 0.25) is 0 Å². The number of ether oxygens (including phenoxy) is 1. The zero-order valence-electron chi connectivity index (χ0n) is 15.5. The maximum atomic E-state index is 13.1. The molecule has 0 radical (unpaired) electrons. The summed E-state index contributed by atoms with van der Waals surface area (Å²) in [4.78, 5) is 18.1. The fourth-order valence-electron chi connectivity index (χ4n) is 2.11. The number of halogens is 2. The van der Waals surface area contributed by atoms with Crippen LogP contribution in [0.15, 0.2) is 29.3 Å². The predicted molar refractivity (Wildman–Crippen MR) is 114 cm³/mol. The summed E-state index contributed by atoms with van der Waals surface area (Å²) in [5.41, 5.74) is 0.424. The van der Waals surface area contributed by atoms with Gasteiger partial charge in [0.2, 0.25) is 5.91 Å². The van der Waals surface area contributed by atoms with Crippen LogP contribution in [0.4, 0.5) is 10.1 Å². The fourth-order valence-corrected chi connectivity index (χ4v) is 2.11. The molecule has 1 rings (SSSR count). The van der Waals surface area contributed by atoms with Crippen LogP contribution in [-0.4, -0.2) is 70.8 Å². The third-order valence-corrected chi connectivity index (χ3v) is 3.42. The van der Waals surface area contributed by atoms with Crippen molar-refractivity contribution in [1.82, 2.24) is 15.5 Å². The fraction of sp³-hybridized carbons (Fsp3) is 0.529. The molecule has 1 aromatic rings. The number of hydrogen-bond acceptors (Lipinski definition) is 4. The molecule has 0 aliphatic carbocycles. The van der Waals surface area contributed by atoms with Crippen LogP contribution in [0.3, 0.4) is 0 Å². The molecule has 0 saturated carbocycles. The van der Waals surface area contributed by atoms with E-state index in [-0.39, 0.29) is 36.4 Å². The maximum Gasteiger partial charge on any atom is 0.243 e. The van der Waals surface area contributed by atoms with Crippen molar-refractivity contribution < 1.29 is 13.9 Å². The number of rotatable bonds is 10. The first-order valence-electron chi connectivity index (χ1n) is 8.22. The van der Waals surface area contributed by atoms with Gasteiger partial charge in [0.25, 0.3) is 0 Å². The second-order valence-corrected chi connectivity index (χ2v) is 5.56. The number of carbonyl (C=O) groups is 1. The van der Waals surface area contributed by atoms with Crippen LogP contribution < -0.4 is 16.0 Å². The molecule has 0 aromatic heterocycles. The molecule has 7 nitrogen and oxygen atoms in total. The summed E-state index contributed by atoms with van der Waals surface area (Å²) in [5.74, 6) is -0.122. The normalized spacial score (nSPS) is 11.0. The molecule has 148 valence electrons. The highest BCUT2D eigenvalue weighted by Crippen LogP contribution is 2.08. The van der Waals surface area contributed by atoms with E-state index in [1.165, 1.54) is 12.1 Å². The lowest BCUT2D eigenvalue weighted by atomic mass is 10.3. The molecule has 0 heterocycles. The van der Waals surface area contributed by atoms with Crippen molar-refractivity contribution in [1.29, 1.82) is 0 Å². The topological polar surface area (TPSA) is 78.0 Å². The van der Waals surface area contributed by atoms with Gasteiger partial charge in [-0.2, -0.15) is 0 Å². The van der Waals surface area contributed by atoms with E-state index in [0.717, 1.165) is 26.1 Å². The van der Waals surface area contributed by atoms with Gasteiger partial charge in [-0.3, -0.25) is 9.79 Å². The average molecular weight is 481 g/mol. The summed E-state index contributed by atoms with van der Waals surface area (Å²) in [7, 11) is 5.38. The minimum Gasteiger partial charge on any atom is -0.385 e. The van der Waals surface area contributed by atoms with Crippen molar-refractivity contribution in [3.05, 3.63) is 30.1 Å². The highest BCUT2D eigenvalue weighted by molar-refractivity contribution is 14.0. The third kappa shape index (κ3) is 11.2. The highest BCUT2D eigenvalue weighted by atomic mass is 127. The van der Waals surface area contributed by atoms with Crippen molar-refractivity contribution in [3.63, 3.8) is 0 Å². The SMILES string of the molecule is CN=C(NCCN(C)CCCOC)NCC(=O)Nc1cccc(F)c1.I. The Kier molecular flexibility index (Phi) is 13.9. The molecular formula is C17H29FIN5O2.